The Kier molecular flexibility index (Phi) is 3.51. The molecule has 0 aliphatic carbocycles. The van der Waals surface area contributed by atoms with Gasteiger partial charge in [-0.05, 0) is 61.7 Å². The van der Waals surface area contributed by atoms with Crippen LogP contribution in [0, 0.1) is 13.8 Å². The molecular weight excluding hydrogens is 224 g/mol. The molecule has 2 aromatic rings. The highest BCUT2D eigenvalue weighted by molar-refractivity contribution is 5.57. The van der Waals surface area contributed by atoms with Crippen LogP contribution in [0.5, 0.6) is 5.75 Å². The minimum absolute atomic E-state index is 0.204. The maximum Gasteiger partial charge on any atom is 0.118 e. The molecule has 3 heteroatoms. The van der Waals surface area contributed by atoms with E-state index in [0.717, 1.165) is 16.8 Å². The summed E-state index contributed by atoms with van der Waals surface area (Å²) >= 11 is 0. The highest BCUT2D eigenvalue weighted by Gasteiger charge is 2.08. The van der Waals surface area contributed by atoms with Crippen molar-refractivity contribution in [3.05, 3.63) is 53.3 Å². The fourth-order valence-electron chi connectivity index (χ4n) is 1.93. The van der Waals surface area contributed by atoms with E-state index >= 15 is 0 Å². The van der Waals surface area contributed by atoms with Gasteiger partial charge in [-0.25, -0.2) is 0 Å². The van der Waals surface area contributed by atoms with E-state index in [0.29, 0.717) is 5.75 Å². The zero-order valence-electron chi connectivity index (χ0n) is 10.9. The summed E-state index contributed by atoms with van der Waals surface area (Å²) in [4.78, 5) is 4.02. The molecule has 1 unspecified atom stereocenters. The largest absolute Gasteiger partial charge is 0.508 e. The van der Waals surface area contributed by atoms with Crippen molar-refractivity contribution in [1.82, 2.24) is 4.98 Å². The standard InChI is InChI=1S/C15H18N2O/c1-10-9-15(18)11(2)8-14(10)17-12(3)13-4-6-16-7-5-13/h4-9,12,17-18H,1-3H3. The van der Waals surface area contributed by atoms with Gasteiger partial charge >= 0.3 is 0 Å². The second-order valence-electron chi connectivity index (χ2n) is 4.60. The number of aromatic hydroxyl groups is 1. The molecule has 2 rings (SSSR count). The fourth-order valence-corrected chi connectivity index (χ4v) is 1.93. The quantitative estimate of drug-likeness (QED) is 0.809. The summed E-state index contributed by atoms with van der Waals surface area (Å²) in [7, 11) is 0. The number of phenolic OH excluding ortho intramolecular Hbond substituents is 1. The average molecular weight is 242 g/mol. The topological polar surface area (TPSA) is 45.2 Å². The molecule has 0 aliphatic rings. The molecule has 0 fully saturated rings. The molecule has 2 N–H and O–H groups in total. The minimum Gasteiger partial charge on any atom is -0.508 e. The molecule has 1 aromatic heterocycles. The number of aryl methyl sites for hydroxylation is 2. The van der Waals surface area contributed by atoms with Crippen molar-refractivity contribution in [1.29, 1.82) is 0 Å². The Bertz CT molecular complexity index is 538. The molecule has 1 aromatic carbocycles. The van der Waals surface area contributed by atoms with Crippen molar-refractivity contribution >= 4 is 5.69 Å². The summed E-state index contributed by atoms with van der Waals surface area (Å²) in [5, 5.41) is 13.1. The van der Waals surface area contributed by atoms with Gasteiger partial charge in [0, 0.05) is 24.1 Å². The van der Waals surface area contributed by atoms with Crippen LogP contribution in [0.15, 0.2) is 36.7 Å². The fraction of sp³-hybridized carbons (Fsp3) is 0.267. The molecule has 0 amide bonds. The van der Waals surface area contributed by atoms with Crippen LogP contribution in [0.2, 0.25) is 0 Å². The van der Waals surface area contributed by atoms with Gasteiger partial charge in [0.25, 0.3) is 0 Å². The third kappa shape index (κ3) is 2.62. The van der Waals surface area contributed by atoms with Crippen LogP contribution in [0.1, 0.15) is 29.7 Å². The van der Waals surface area contributed by atoms with Gasteiger partial charge in [0.05, 0.1) is 0 Å². The summed E-state index contributed by atoms with van der Waals surface area (Å²) < 4.78 is 0. The number of hydrogen-bond acceptors (Lipinski definition) is 3. The number of nitrogens with one attached hydrogen (secondary N) is 1. The van der Waals surface area contributed by atoms with Crippen molar-refractivity contribution in [2.75, 3.05) is 5.32 Å². The van der Waals surface area contributed by atoms with Crippen LogP contribution in [0.25, 0.3) is 0 Å². The van der Waals surface area contributed by atoms with E-state index in [1.165, 1.54) is 5.56 Å². The van der Waals surface area contributed by atoms with Gasteiger partial charge in [-0.3, -0.25) is 4.98 Å². The first-order valence-corrected chi connectivity index (χ1v) is 6.04. The zero-order valence-corrected chi connectivity index (χ0v) is 10.9. The second-order valence-corrected chi connectivity index (χ2v) is 4.60. The minimum atomic E-state index is 0.204. The van der Waals surface area contributed by atoms with E-state index in [-0.39, 0.29) is 6.04 Å². The van der Waals surface area contributed by atoms with E-state index in [1.54, 1.807) is 18.5 Å². The SMILES string of the molecule is Cc1cc(NC(C)c2ccncc2)c(C)cc1O. The molecule has 0 spiro atoms. The Morgan fingerprint density at radius 1 is 1.11 bits per heavy atom. The number of anilines is 1. The first kappa shape index (κ1) is 12.4. The van der Waals surface area contributed by atoms with E-state index in [4.69, 9.17) is 0 Å². The lowest BCUT2D eigenvalue weighted by molar-refractivity contribution is 0.470. The molecule has 0 bridgehead atoms. The normalized spacial score (nSPS) is 12.2. The average Bonchev–Trinajstić information content (AvgIpc) is 2.37. The van der Waals surface area contributed by atoms with Gasteiger partial charge in [0.2, 0.25) is 0 Å². The number of aromatic nitrogens is 1. The van der Waals surface area contributed by atoms with E-state index in [1.807, 2.05) is 32.0 Å². The predicted molar refractivity (Wildman–Crippen MR) is 73.9 cm³/mol. The lowest BCUT2D eigenvalue weighted by atomic mass is 10.1. The second kappa shape index (κ2) is 5.08. The molecule has 0 radical (unpaired) electrons. The van der Waals surface area contributed by atoms with E-state index < -0.39 is 0 Å². The predicted octanol–water partition coefficient (Wildman–Crippen LogP) is 3.58. The molecule has 1 atom stereocenters. The maximum absolute atomic E-state index is 9.64. The molecule has 94 valence electrons. The lowest BCUT2D eigenvalue weighted by Gasteiger charge is -2.18. The van der Waals surface area contributed by atoms with Crippen molar-refractivity contribution in [3.63, 3.8) is 0 Å². The van der Waals surface area contributed by atoms with Crippen molar-refractivity contribution < 1.29 is 5.11 Å². The number of pyridine rings is 1. The van der Waals surface area contributed by atoms with Gasteiger partial charge < -0.3 is 10.4 Å². The van der Waals surface area contributed by atoms with Crippen molar-refractivity contribution in [3.8, 4) is 5.75 Å². The lowest BCUT2D eigenvalue weighted by Crippen LogP contribution is -2.07. The number of rotatable bonds is 3. The first-order valence-electron chi connectivity index (χ1n) is 6.04. The highest BCUT2D eigenvalue weighted by atomic mass is 16.3. The summed E-state index contributed by atoms with van der Waals surface area (Å²) in [6.45, 7) is 5.99. The van der Waals surface area contributed by atoms with Crippen LogP contribution in [0.3, 0.4) is 0 Å². The third-order valence-corrected chi connectivity index (χ3v) is 3.12. The summed E-state index contributed by atoms with van der Waals surface area (Å²) in [6, 6.07) is 7.97. The molecule has 0 saturated carbocycles. The van der Waals surface area contributed by atoms with Gasteiger partial charge in [0.1, 0.15) is 5.75 Å². The Morgan fingerprint density at radius 3 is 2.44 bits per heavy atom. The molecular formula is C15H18N2O. The van der Waals surface area contributed by atoms with E-state index in [9.17, 15) is 5.11 Å². The smallest absolute Gasteiger partial charge is 0.118 e. The van der Waals surface area contributed by atoms with Gasteiger partial charge in [0.15, 0.2) is 0 Å². The number of hydrogen-bond donors (Lipinski definition) is 2. The molecule has 0 saturated heterocycles. The molecule has 0 aliphatic heterocycles. The third-order valence-electron chi connectivity index (χ3n) is 3.12. The Hall–Kier alpha value is -2.03. The summed E-state index contributed by atoms with van der Waals surface area (Å²) in [5.41, 5.74) is 4.16. The van der Waals surface area contributed by atoms with Gasteiger partial charge in [-0.2, -0.15) is 0 Å². The molecule has 18 heavy (non-hydrogen) atoms. The number of benzene rings is 1. The monoisotopic (exact) mass is 242 g/mol. The molecule has 1 heterocycles. The molecule has 3 nitrogen and oxygen atoms in total. The van der Waals surface area contributed by atoms with Crippen molar-refractivity contribution in [2.45, 2.75) is 26.8 Å². The number of phenols is 1. The van der Waals surface area contributed by atoms with Crippen LogP contribution >= 0.6 is 0 Å². The van der Waals surface area contributed by atoms with Crippen LogP contribution < -0.4 is 5.32 Å². The Balaban J connectivity index is 2.22. The zero-order chi connectivity index (χ0) is 13.1. The summed E-state index contributed by atoms with van der Waals surface area (Å²) in [6.07, 6.45) is 3.59. The maximum atomic E-state index is 9.64. The first-order chi connectivity index (χ1) is 8.58. The van der Waals surface area contributed by atoms with Crippen LogP contribution in [-0.2, 0) is 0 Å². The highest BCUT2D eigenvalue weighted by Crippen LogP contribution is 2.27. The number of nitrogens with zero attached hydrogens (tertiary/aromatic N) is 1. The Labute approximate surface area is 108 Å². The Morgan fingerprint density at radius 2 is 1.78 bits per heavy atom. The van der Waals surface area contributed by atoms with E-state index in [2.05, 4.69) is 17.2 Å². The van der Waals surface area contributed by atoms with Crippen LogP contribution in [0.4, 0.5) is 5.69 Å². The van der Waals surface area contributed by atoms with Gasteiger partial charge in [-0.1, -0.05) is 0 Å². The van der Waals surface area contributed by atoms with Crippen LogP contribution in [-0.4, -0.2) is 10.1 Å². The summed E-state index contributed by atoms with van der Waals surface area (Å²) in [5.74, 6) is 0.342. The van der Waals surface area contributed by atoms with Crippen molar-refractivity contribution in [2.24, 2.45) is 0 Å². The van der Waals surface area contributed by atoms with Gasteiger partial charge in [-0.15, -0.1) is 0 Å².